The normalized spacial score (nSPS) is 16.4. The maximum absolute atomic E-state index is 15.6. The van der Waals surface area contributed by atoms with Crippen LogP contribution >= 0.6 is 11.8 Å². The number of aromatic nitrogens is 1. The molecule has 1 aromatic heterocycles. The van der Waals surface area contributed by atoms with Crippen molar-refractivity contribution in [1.29, 1.82) is 0 Å². The number of aliphatic hydroxyl groups is 1. The number of H-pyrrole nitrogens is 1. The Hall–Kier alpha value is -11.9. The number of hydrogen-bond acceptors (Lipinski definition) is 18. The molecular formula is C92H123F2N15O17S. The Balaban J connectivity index is 0.955. The van der Waals surface area contributed by atoms with E-state index in [1.54, 1.807) is 99.8 Å². The second-order valence-corrected chi connectivity index (χ2v) is 34.6. The number of nitrogens with one attached hydrogen (secondary N) is 9. The second-order valence-electron chi connectivity index (χ2n) is 33.6. The lowest BCUT2D eigenvalue weighted by molar-refractivity contribution is -0.152. The van der Waals surface area contributed by atoms with Crippen molar-refractivity contribution >= 4 is 106 Å². The number of carboxylic acids is 1. The van der Waals surface area contributed by atoms with Crippen LogP contribution in [0, 0.1) is 23.5 Å². The number of likely N-dealkylation sites (tertiary alicyclic amines) is 2. The monoisotopic (exact) mass is 1780 g/mol. The number of aliphatic carboxylic acids is 1. The third-order valence-electron chi connectivity index (χ3n) is 22.9. The molecule has 13 amide bonds. The molecule has 127 heavy (non-hydrogen) atoms. The number of para-hydroxylation sites is 1. The summed E-state index contributed by atoms with van der Waals surface area (Å²) in [5.41, 5.74) is 9.17. The first-order chi connectivity index (χ1) is 60.6. The van der Waals surface area contributed by atoms with Gasteiger partial charge in [-0.2, -0.15) is 0 Å². The van der Waals surface area contributed by atoms with Crippen molar-refractivity contribution in [2.24, 2.45) is 17.6 Å². The van der Waals surface area contributed by atoms with Gasteiger partial charge in [0.25, 0.3) is 0 Å². The van der Waals surface area contributed by atoms with Crippen LogP contribution in [0.2, 0.25) is 0 Å². The van der Waals surface area contributed by atoms with Crippen LogP contribution < -0.4 is 48.3 Å². The number of nitrogens with zero attached hydrogens (tertiary/aromatic N) is 5. The number of likely N-dealkylation sites (N-methyl/N-ethyl adjacent to an activating group) is 3. The van der Waals surface area contributed by atoms with Crippen LogP contribution in [-0.4, -0.2) is 266 Å². The minimum Gasteiger partial charge on any atom is -0.508 e. The number of carbonyl (C=O) groups excluding carboxylic acids is 13. The number of thioether (sulfide) groups is 1. The molecule has 0 radical (unpaired) electrons. The maximum atomic E-state index is 15.6. The average molecular weight is 1780 g/mol. The van der Waals surface area contributed by atoms with Gasteiger partial charge in [0.1, 0.15) is 72.2 Å². The van der Waals surface area contributed by atoms with Crippen molar-refractivity contribution in [2.45, 2.75) is 223 Å². The van der Waals surface area contributed by atoms with Crippen molar-refractivity contribution in [1.82, 2.24) is 72.0 Å². The quantitative estimate of drug-likeness (QED) is 0.0185. The Labute approximate surface area is 743 Å². The molecular weight excluding hydrogens is 1660 g/mol. The highest BCUT2D eigenvalue weighted by molar-refractivity contribution is 8.00. The standard InChI is InChI=1S/C92H123F2N15O17S/c1-10-11-30-76(91(125)109-40-22-31-75(109)86(120)103-73(49-80(114)115)85(119)104-81(56(4)5)92(126)106(8)77(46-58-23-14-12-15-24-58)87(121)100-69(29-20-21-39-95)89(123)108-41-38-64(112)51-108)105(7)90(124)78(47-59-25-16-13-17-26-59)107(9)88(122)74(45-61-34-37-66(93)67(94)43-61)99-79(113)53-127-52-57(6)98-83(117)71(42-55(2)3)101-84(118)72(44-60-32-35-63(111)36-33-60)102-82(116)70(97-54-110)48-62-50-96-68-28-19-18-27-65(62)68/h12-19,23-28,32-37,43,50,54-57,64,69-78,81,96,111-112H,10-11,20-22,29-31,38-42,44-49,51-53,95H2,1-9H3,(H,97,110)(H,98,117)(H,99,113)(H,100,121)(H,101,118)(H,102,116)(H,103,120)(H,104,119)(H,114,115)/t57-,64-,69+,70+,71+,72+,73+,74+,75-,76+,77?,78+,81+/m1/s1. The maximum Gasteiger partial charge on any atom is 0.305 e. The van der Waals surface area contributed by atoms with Crippen LogP contribution in [0.1, 0.15) is 140 Å². The number of aromatic amines is 1. The predicted molar refractivity (Wildman–Crippen MR) is 474 cm³/mol. The number of nitrogens with two attached hydrogens (primary N) is 1. The van der Waals surface area contributed by atoms with E-state index in [0.29, 0.717) is 61.7 Å². The van der Waals surface area contributed by atoms with Gasteiger partial charge in [0.05, 0.1) is 18.3 Å². The fourth-order valence-corrected chi connectivity index (χ4v) is 16.6. The fraction of sp³-hybridized carbons (Fsp3) is 0.500. The lowest BCUT2D eigenvalue weighted by Gasteiger charge is -2.38. The minimum atomic E-state index is -1.84. The first-order valence-electron chi connectivity index (χ1n) is 43.3. The van der Waals surface area contributed by atoms with Crippen LogP contribution in [0.3, 0.4) is 0 Å². The molecule has 14 N–H and O–H groups in total. The molecule has 5 aromatic carbocycles. The van der Waals surface area contributed by atoms with E-state index in [0.717, 1.165) is 50.2 Å². The Morgan fingerprint density at radius 1 is 0.575 bits per heavy atom. The average Bonchev–Trinajstić information content (AvgIpc) is 1.79. The van der Waals surface area contributed by atoms with Crippen molar-refractivity contribution in [3.05, 3.63) is 173 Å². The van der Waals surface area contributed by atoms with Gasteiger partial charge in [-0.05, 0) is 135 Å². The Morgan fingerprint density at radius 2 is 1.17 bits per heavy atom. The van der Waals surface area contributed by atoms with E-state index in [4.69, 9.17) is 5.73 Å². The molecule has 35 heteroatoms. The fourth-order valence-electron chi connectivity index (χ4n) is 15.8. The second kappa shape index (κ2) is 49.3. The molecule has 13 atom stereocenters. The molecule has 688 valence electrons. The van der Waals surface area contributed by atoms with Gasteiger partial charge >= 0.3 is 5.97 Å². The number of carbonyl (C=O) groups is 14. The smallest absolute Gasteiger partial charge is 0.305 e. The molecule has 0 spiro atoms. The highest BCUT2D eigenvalue weighted by Gasteiger charge is 2.45. The number of phenolic OH excluding ortho intramolecular Hbond substituents is 1. The number of β-amino-alcohol motifs (C(OH)–C–C–N with tert-alkyl or cyclic N) is 1. The summed E-state index contributed by atoms with van der Waals surface area (Å²) in [6.45, 7) is 11.1. The number of aliphatic hydroxyl groups excluding tert-OH is 1. The van der Waals surface area contributed by atoms with E-state index in [1.165, 1.54) is 54.0 Å². The number of unbranched alkanes of at least 4 members (excludes halogenated alkanes) is 2. The summed E-state index contributed by atoms with van der Waals surface area (Å²) in [6.07, 6.45) is 2.70. The summed E-state index contributed by atoms with van der Waals surface area (Å²) < 4.78 is 29.6. The third kappa shape index (κ3) is 29.6. The lowest BCUT2D eigenvalue weighted by atomic mass is 9.98. The highest BCUT2D eigenvalue weighted by Crippen LogP contribution is 2.27. The largest absolute Gasteiger partial charge is 0.508 e. The van der Waals surface area contributed by atoms with Gasteiger partial charge in [-0.25, -0.2) is 8.78 Å². The van der Waals surface area contributed by atoms with Crippen LogP contribution in [0.15, 0.2) is 134 Å². The van der Waals surface area contributed by atoms with Crippen molar-refractivity contribution in [3.8, 4) is 5.75 Å². The number of rotatable bonds is 49. The molecule has 1 unspecified atom stereocenters. The number of carboxylic acid groups (broad SMARTS) is 1. The molecule has 8 rings (SSSR count). The Bertz CT molecular complexity index is 4740. The minimum absolute atomic E-state index is 0.0229. The molecule has 2 saturated heterocycles. The van der Waals surface area contributed by atoms with Crippen molar-refractivity contribution in [2.75, 3.05) is 58.8 Å². The zero-order valence-electron chi connectivity index (χ0n) is 73.5. The van der Waals surface area contributed by atoms with Gasteiger partial charge in [-0.3, -0.25) is 67.1 Å². The number of phenols is 1. The van der Waals surface area contributed by atoms with E-state index < -0.39 is 186 Å². The SMILES string of the molecule is CCCC[C@@H](C(=O)N1CCC[C@@H]1C(=O)N[C@@H](CC(=O)O)C(=O)N[C@H](C(=O)N(C)C(Cc1ccccc1)C(=O)N[C@@H](CCCCN)C(=O)N1CC[C@@H](O)C1)C(C)C)N(C)C(=O)[C@H](Cc1ccccc1)N(C)C(=O)[C@H](Cc1ccc(F)c(F)c1)NC(=O)CSC[C@@H](C)NC(=O)[C@H](CC(C)C)NC(=O)[C@H](Cc1ccc(O)cc1)NC(=O)[C@H](Cc1c[nH]c2ccccc12)NC=O. The summed E-state index contributed by atoms with van der Waals surface area (Å²) in [5, 5.41) is 53.3. The van der Waals surface area contributed by atoms with Crippen LogP contribution in [-0.2, 0) is 99.2 Å². The number of hydrogen-bond donors (Lipinski definition) is 13. The van der Waals surface area contributed by atoms with Gasteiger partial charge in [0.2, 0.25) is 77.3 Å². The number of amides is 13. The topological polar surface area (TPSA) is 454 Å². The van der Waals surface area contributed by atoms with E-state index >= 15 is 18.8 Å². The van der Waals surface area contributed by atoms with E-state index in [9.17, 15) is 72.4 Å². The highest BCUT2D eigenvalue weighted by atomic mass is 32.2. The van der Waals surface area contributed by atoms with Crippen LogP contribution in [0.25, 0.3) is 10.9 Å². The molecule has 2 fully saturated rings. The Kier molecular flexibility index (Phi) is 39.0. The summed E-state index contributed by atoms with van der Waals surface area (Å²) in [5.74, 6) is -14.0. The summed E-state index contributed by atoms with van der Waals surface area (Å²) in [6, 6.07) is 18.3. The molecule has 3 heterocycles. The summed E-state index contributed by atoms with van der Waals surface area (Å²) in [4.78, 5) is 210. The van der Waals surface area contributed by atoms with Crippen LogP contribution in [0.4, 0.5) is 8.78 Å². The van der Waals surface area contributed by atoms with Gasteiger partial charge in [0, 0.05) is 102 Å². The number of halogens is 2. The van der Waals surface area contributed by atoms with E-state index in [1.807, 2.05) is 45.0 Å². The number of aromatic hydroxyl groups is 1. The molecule has 32 nitrogen and oxygen atoms in total. The zero-order valence-corrected chi connectivity index (χ0v) is 74.3. The van der Waals surface area contributed by atoms with E-state index in [2.05, 4.69) is 47.5 Å². The summed E-state index contributed by atoms with van der Waals surface area (Å²) >= 11 is 1.06. The lowest BCUT2D eigenvalue weighted by Crippen LogP contribution is -2.61. The molecule has 2 aliphatic heterocycles. The van der Waals surface area contributed by atoms with Gasteiger partial charge in [0.15, 0.2) is 11.6 Å². The number of benzene rings is 5. The molecule has 6 aromatic rings. The van der Waals surface area contributed by atoms with Crippen LogP contribution in [0.5, 0.6) is 5.75 Å². The number of fused-ring (bicyclic) bond motifs is 1. The van der Waals surface area contributed by atoms with Crippen molar-refractivity contribution in [3.63, 3.8) is 0 Å². The first-order valence-corrected chi connectivity index (χ1v) is 44.5. The van der Waals surface area contributed by atoms with Gasteiger partial charge < -0.3 is 93.1 Å². The summed E-state index contributed by atoms with van der Waals surface area (Å²) in [7, 11) is 4.07. The first kappa shape index (κ1) is 101. The van der Waals surface area contributed by atoms with Gasteiger partial charge in [-0.15, -0.1) is 11.8 Å². The van der Waals surface area contributed by atoms with Crippen molar-refractivity contribution < 1.29 is 91.2 Å². The zero-order chi connectivity index (χ0) is 92.7. The third-order valence-corrected chi connectivity index (χ3v) is 24.1. The molecule has 0 saturated carbocycles. The predicted octanol–water partition coefficient (Wildman–Crippen LogP) is 4.49. The molecule has 0 bridgehead atoms. The Morgan fingerprint density at radius 3 is 1.79 bits per heavy atom. The van der Waals surface area contributed by atoms with Gasteiger partial charge in [-0.1, -0.05) is 145 Å². The molecule has 2 aliphatic rings. The molecule has 0 aliphatic carbocycles. The van der Waals surface area contributed by atoms with E-state index in [-0.39, 0.29) is 106 Å².